The Hall–Kier alpha value is -4.27. The molecule has 0 saturated carbocycles. The average Bonchev–Trinajstić information content (AvgIpc) is 3.44. The van der Waals surface area contributed by atoms with Gasteiger partial charge in [0.05, 0.1) is 18.3 Å². The van der Waals surface area contributed by atoms with Gasteiger partial charge in [-0.2, -0.15) is 0 Å². The monoisotopic (exact) mass is 516 g/mol. The van der Waals surface area contributed by atoms with Crippen LogP contribution in [0.5, 0.6) is 5.88 Å². The Bertz CT molecular complexity index is 1480. The highest BCUT2D eigenvalue weighted by Crippen LogP contribution is 2.30. The third kappa shape index (κ3) is 5.82. The number of amides is 1. The van der Waals surface area contributed by atoms with Crippen molar-refractivity contribution < 1.29 is 23.5 Å². The number of benzene rings is 2. The van der Waals surface area contributed by atoms with E-state index < -0.39 is 5.60 Å². The summed E-state index contributed by atoms with van der Waals surface area (Å²) in [5.74, 6) is -0.305. The van der Waals surface area contributed by atoms with Crippen LogP contribution in [0, 0.1) is 11.7 Å². The number of imidazole rings is 1. The van der Waals surface area contributed by atoms with Crippen molar-refractivity contribution in [3.63, 3.8) is 0 Å². The van der Waals surface area contributed by atoms with Gasteiger partial charge < -0.3 is 14.4 Å². The number of rotatable bonds is 7. The average molecular weight is 517 g/mol. The van der Waals surface area contributed by atoms with Crippen LogP contribution in [0.25, 0.3) is 16.9 Å². The van der Waals surface area contributed by atoms with Crippen LogP contribution in [-0.4, -0.2) is 38.6 Å². The number of esters is 1. The van der Waals surface area contributed by atoms with Crippen LogP contribution >= 0.6 is 0 Å². The zero-order chi connectivity index (χ0) is 26.9. The number of anilines is 1. The molecule has 4 aromatic rings. The van der Waals surface area contributed by atoms with E-state index >= 15 is 0 Å². The number of carbonyl (C=O) groups is 2. The second-order valence-corrected chi connectivity index (χ2v) is 10.4. The predicted molar refractivity (Wildman–Crippen MR) is 140 cm³/mol. The van der Waals surface area contributed by atoms with Crippen molar-refractivity contribution in [1.29, 1.82) is 0 Å². The van der Waals surface area contributed by atoms with Crippen LogP contribution in [0.15, 0.2) is 66.9 Å². The van der Waals surface area contributed by atoms with Crippen LogP contribution in [0.1, 0.15) is 39.2 Å². The van der Waals surface area contributed by atoms with Crippen LogP contribution in [0.2, 0.25) is 0 Å². The number of fused-ring (bicyclic) bond motifs is 1. The number of hydrogen-bond acceptors (Lipinski definition) is 6. The van der Waals surface area contributed by atoms with Crippen molar-refractivity contribution >= 4 is 23.2 Å². The summed E-state index contributed by atoms with van der Waals surface area (Å²) in [5, 5.41) is 4.55. The highest BCUT2D eigenvalue weighted by molar-refractivity contribution is 5.96. The van der Waals surface area contributed by atoms with E-state index in [0.29, 0.717) is 30.1 Å². The molecule has 1 atom stereocenters. The van der Waals surface area contributed by atoms with Crippen molar-refractivity contribution in [2.75, 3.05) is 11.4 Å². The largest absolute Gasteiger partial charge is 0.472 e. The van der Waals surface area contributed by atoms with Crippen molar-refractivity contribution in [2.45, 2.75) is 45.8 Å². The van der Waals surface area contributed by atoms with Gasteiger partial charge in [-0.1, -0.05) is 24.3 Å². The molecule has 38 heavy (non-hydrogen) atoms. The summed E-state index contributed by atoms with van der Waals surface area (Å²) in [4.78, 5) is 31.0. The summed E-state index contributed by atoms with van der Waals surface area (Å²) in [5.41, 5.74) is 3.22. The van der Waals surface area contributed by atoms with Crippen LogP contribution in [0.4, 0.5) is 10.1 Å². The highest BCUT2D eigenvalue weighted by atomic mass is 19.1. The first-order chi connectivity index (χ1) is 18.1. The van der Waals surface area contributed by atoms with Crippen LogP contribution in [0.3, 0.4) is 0 Å². The van der Waals surface area contributed by atoms with Crippen molar-refractivity contribution in [2.24, 2.45) is 5.92 Å². The van der Waals surface area contributed by atoms with E-state index in [9.17, 15) is 14.0 Å². The van der Waals surface area contributed by atoms with Gasteiger partial charge in [0.25, 0.3) is 0 Å². The van der Waals surface area contributed by atoms with Crippen LogP contribution in [-0.2, 0) is 20.9 Å². The fourth-order valence-corrected chi connectivity index (χ4v) is 4.51. The minimum absolute atomic E-state index is 0.0112. The molecule has 3 heterocycles. The number of hydrogen-bond donors (Lipinski definition) is 0. The third-order valence-electron chi connectivity index (χ3n) is 6.17. The second kappa shape index (κ2) is 10.2. The van der Waals surface area contributed by atoms with E-state index in [2.05, 4.69) is 10.1 Å². The first-order valence-corrected chi connectivity index (χ1v) is 12.5. The maximum atomic E-state index is 13.4. The molecule has 196 valence electrons. The lowest BCUT2D eigenvalue weighted by Gasteiger charge is -2.21. The Morgan fingerprint density at radius 2 is 1.89 bits per heavy atom. The molecule has 1 aliphatic rings. The lowest BCUT2D eigenvalue weighted by atomic mass is 10.0. The first kappa shape index (κ1) is 25.4. The molecule has 0 radical (unpaired) electrons. The van der Waals surface area contributed by atoms with Crippen molar-refractivity contribution in [3.05, 3.63) is 78.2 Å². The molecule has 1 unspecified atom stereocenters. The van der Waals surface area contributed by atoms with Gasteiger partial charge in [-0.3, -0.25) is 9.59 Å². The molecule has 0 N–H and O–H groups in total. The molecule has 0 spiro atoms. The van der Waals surface area contributed by atoms with E-state index in [1.165, 1.54) is 12.1 Å². The second-order valence-electron chi connectivity index (χ2n) is 10.4. The zero-order valence-corrected chi connectivity index (χ0v) is 21.6. The van der Waals surface area contributed by atoms with Crippen molar-refractivity contribution in [3.8, 4) is 17.1 Å². The maximum Gasteiger partial charge on any atom is 0.306 e. The number of carbonyl (C=O) groups excluding carboxylic acids is 2. The molecule has 0 aliphatic carbocycles. The minimum Gasteiger partial charge on any atom is -0.472 e. The molecule has 5 rings (SSSR count). The Balaban J connectivity index is 1.28. The number of ether oxygens (including phenoxy) is 2. The summed E-state index contributed by atoms with van der Waals surface area (Å²) in [6, 6.07) is 17.4. The third-order valence-corrected chi connectivity index (χ3v) is 6.17. The standard InChI is InChI=1S/C29H29FN4O4/c1-29(2,3)38-28(36)15-20-14-27(35)33(17-20)23-9-7-21(8-10-23)24-16-31-25-11-12-26(32-34(24)25)37-18-19-5-4-6-22(30)13-19/h4-13,16,20H,14-15,17-18H2,1-3H3. The molecule has 0 bridgehead atoms. The van der Waals surface area contributed by atoms with E-state index in [-0.39, 0.29) is 36.6 Å². The van der Waals surface area contributed by atoms with Gasteiger partial charge >= 0.3 is 5.97 Å². The Kier molecular flexibility index (Phi) is 6.84. The fraction of sp³-hybridized carbons (Fsp3) is 0.310. The quantitative estimate of drug-likeness (QED) is 0.314. The summed E-state index contributed by atoms with van der Waals surface area (Å²) in [7, 11) is 0. The predicted octanol–water partition coefficient (Wildman–Crippen LogP) is 5.20. The molecule has 1 amide bonds. The zero-order valence-electron chi connectivity index (χ0n) is 21.6. The Morgan fingerprint density at radius 1 is 1.11 bits per heavy atom. The smallest absolute Gasteiger partial charge is 0.306 e. The number of nitrogens with zero attached hydrogens (tertiary/aromatic N) is 4. The molecule has 2 aromatic heterocycles. The summed E-state index contributed by atoms with van der Waals surface area (Å²) < 4.78 is 26.3. The summed E-state index contributed by atoms with van der Waals surface area (Å²) in [6.45, 7) is 6.16. The lowest BCUT2D eigenvalue weighted by Crippen LogP contribution is -2.27. The highest BCUT2D eigenvalue weighted by Gasteiger charge is 2.33. The number of halogens is 1. The first-order valence-electron chi connectivity index (χ1n) is 12.5. The molecular weight excluding hydrogens is 487 g/mol. The topological polar surface area (TPSA) is 86.0 Å². The van der Waals surface area contributed by atoms with Gasteiger partial charge in [0, 0.05) is 30.3 Å². The molecular formula is C29H29FN4O4. The molecule has 1 fully saturated rings. The Labute approximate surface area is 220 Å². The van der Waals surface area contributed by atoms with Gasteiger partial charge in [0.2, 0.25) is 11.8 Å². The Morgan fingerprint density at radius 3 is 2.63 bits per heavy atom. The molecule has 9 heteroatoms. The SMILES string of the molecule is CC(C)(C)OC(=O)CC1CC(=O)N(c2ccc(-c3cnc4ccc(OCc5cccc(F)c5)nn34)cc2)C1. The minimum atomic E-state index is -0.546. The lowest BCUT2D eigenvalue weighted by molar-refractivity contribution is -0.155. The molecule has 8 nitrogen and oxygen atoms in total. The molecule has 1 saturated heterocycles. The van der Waals surface area contributed by atoms with E-state index in [1.54, 1.807) is 39.9 Å². The van der Waals surface area contributed by atoms with Crippen molar-refractivity contribution in [1.82, 2.24) is 14.6 Å². The van der Waals surface area contributed by atoms with E-state index in [1.807, 2.05) is 45.0 Å². The number of aromatic nitrogens is 3. The van der Waals surface area contributed by atoms with E-state index in [0.717, 1.165) is 16.9 Å². The van der Waals surface area contributed by atoms with Gasteiger partial charge in [-0.15, -0.1) is 5.10 Å². The van der Waals surface area contributed by atoms with Gasteiger partial charge in [-0.25, -0.2) is 13.9 Å². The van der Waals surface area contributed by atoms with Gasteiger partial charge in [-0.05, 0) is 62.6 Å². The van der Waals surface area contributed by atoms with Crippen LogP contribution < -0.4 is 9.64 Å². The molecule has 2 aromatic carbocycles. The summed E-state index contributed by atoms with van der Waals surface area (Å²) in [6.07, 6.45) is 2.26. The molecule has 1 aliphatic heterocycles. The van der Waals surface area contributed by atoms with E-state index in [4.69, 9.17) is 9.47 Å². The summed E-state index contributed by atoms with van der Waals surface area (Å²) >= 11 is 0. The normalized spacial score (nSPS) is 15.7. The fourth-order valence-electron chi connectivity index (χ4n) is 4.51. The van der Waals surface area contributed by atoms with Gasteiger partial charge in [0.1, 0.15) is 18.0 Å². The maximum absolute atomic E-state index is 13.4. The van der Waals surface area contributed by atoms with Gasteiger partial charge in [0.15, 0.2) is 5.65 Å².